The van der Waals surface area contributed by atoms with E-state index in [1.54, 1.807) is 0 Å². The fraction of sp³-hybridized carbons (Fsp3) is 1.00. The Morgan fingerprint density at radius 1 is 1.24 bits per heavy atom. The number of rotatable bonds is 7. The number of sulfone groups is 1. The molecule has 21 heavy (non-hydrogen) atoms. The topological polar surface area (TPSA) is 49.4 Å². The summed E-state index contributed by atoms with van der Waals surface area (Å²) in [5.41, 5.74) is 0.421. The van der Waals surface area contributed by atoms with Crippen molar-refractivity contribution in [2.45, 2.75) is 64.0 Å². The highest BCUT2D eigenvalue weighted by Gasteiger charge is 2.49. The van der Waals surface area contributed by atoms with Crippen molar-refractivity contribution in [2.75, 3.05) is 31.6 Å². The molecule has 0 spiro atoms. The van der Waals surface area contributed by atoms with E-state index < -0.39 is 9.84 Å². The van der Waals surface area contributed by atoms with E-state index in [0.717, 1.165) is 44.8 Å². The van der Waals surface area contributed by atoms with Crippen molar-refractivity contribution in [3.8, 4) is 0 Å². The molecular weight excluding hydrogens is 284 g/mol. The molecule has 1 aliphatic heterocycles. The summed E-state index contributed by atoms with van der Waals surface area (Å²) in [6.45, 7) is 9.86. The molecule has 1 aliphatic carbocycles. The van der Waals surface area contributed by atoms with Gasteiger partial charge >= 0.3 is 0 Å². The second-order valence-electron chi connectivity index (χ2n) is 7.38. The van der Waals surface area contributed by atoms with E-state index in [-0.39, 0.29) is 11.1 Å². The van der Waals surface area contributed by atoms with Gasteiger partial charge in [0.1, 0.15) is 9.84 Å². The van der Waals surface area contributed by atoms with Gasteiger partial charge in [0, 0.05) is 30.4 Å². The second kappa shape index (κ2) is 6.17. The molecule has 124 valence electrons. The largest absolute Gasteiger partial charge is 0.308 e. The van der Waals surface area contributed by atoms with Crippen molar-refractivity contribution < 1.29 is 8.42 Å². The predicted octanol–water partition coefficient (Wildman–Crippen LogP) is 2.05. The van der Waals surface area contributed by atoms with Crippen LogP contribution in [0.4, 0.5) is 0 Å². The van der Waals surface area contributed by atoms with Crippen molar-refractivity contribution in [2.24, 2.45) is 5.92 Å². The number of nitrogens with one attached hydrogen (secondary N) is 1. The molecule has 5 heteroatoms. The first-order chi connectivity index (χ1) is 9.75. The van der Waals surface area contributed by atoms with Gasteiger partial charge in [-0.05, 0) is 51.5 Å². The summed E-state index contributed by atoms with van der Waals surface area (Å²) in [6.07, 6.45) is 7.01. The number of hydrogen-bond acceptors (Lipinski definition) is 4. The van der Waals surface area contributed by atoms with Crippen molar-refractivity contribution >= 4 is 9.84 Å². The molecule has 0 radical (unpaired) electrons. The lowest BCUT2D eigenvalue weighted by molar-refractivity contribution is -0.00308. The summed E-state index contributed by atoms with van der Waals surface area (Å²) >= 11 is 0. The Bertz CT molecular complexity index is 455. The third kappa shape index (κ3) is 3.99. The zero-order chi connectivity index (χ0) is 15.7. The second-order valence-corrected chi connectivity index (χ2v) is 9.64. The van der Waals surface area contributed by atoms with Crippen molar-refractivity contribution in [3.05, 3.63) is 0 Å². The van der Waals surface area contributed by atoms with Crippen LogP contribution in [0.25, 0.3) is 0 Å². The van der Waals surface area contributed by atoms with Crippen molar-refractivity contribution in [3.63, 3.8) is 0 Å². The lowest BCUT2D eigenvalue weighted by atomic mass is 9.81. The Balaban J connectivity index is 2.05. The van der Waals surface area contributed by atoms with Crippen LogP contribution in [0.3, 0.4) is 0 Å². The van der Waals surface area contributed by atoms with Crippen molar-refractivity contribution in [1.82, 2.24) is 10.2 Å². The molecule has 2 fully saturated rings. The molecule has 2 aliphatic rings. The monoisotopic (exact) mass is 316 g/mol. The van der Waals surface area contributed by atoms with E-state index in [9.17, 15) is 8.42 Å². The highest BCUT2D eigenvalue weighted by molar-refractivity contribution is 7.90. The summed E-state index contributed by atoms with van der Waals surface area (Å²) < 4.78 is 22.8. The van der Waals surface area contributed by atoms with Crippen molar-refractivity contribution in [1.29, 1.82) is 0 Å². The van der Waals surface area contributed by atoms with Crippen LogP contribution in [0.15, 0.2) is 0 Å². The lowest BCUT2D eigenvalue weighted by Crippen LogP contribution is -2.69. The predicted molar refractivity (Wildman–Crippen MR) is 88.3 cm³/mol. The number of nitrogens with zero attached hydrogens (tertiary/aromatic N) is 1. The van der Waals surface area contributed by atoms with E-state index in [1.165, 1.54) is 19.1 Å². The zero-order valence-corrected chi connectivity index (χ0v) is 14.9. The molecule has 1 unspecified atom stereocenters. The van der Waals surface area contributed by atoms with Crippen LogP contribution >= 0.6 is 0 Å². The average Bonchev–Trinajstić information content (AvgIpc) is 3.23. The van der Waals surface area contributed by atoms with Crippen LogP contribution in [0, 0.1) is 5.92 Å². The summed E-state index contributed by atoms with van der Waals surface area (Å²) in [4.78, 5) is 2.59. The molecule has 1 saturated carbocycles. The molecule has 1 heterocycles. The molecule has 2 rings (SSSR count). The minimum Gasteiger partial charge on any atom is -0.308 e. The first-order valence-corrected chi connectivity index (χ1v) is 10.5. The van der Waals surface area contributed by atoms with Crippen LogP contribution in [0.2, 0.25) is 0 Å². The van der Waals surface area contributed by atoms with E-state index in [0.29, 0.717) is 5.75 Å². The molecule has 1 saturated heterocycles. The third-order valence-corrected chi connectivity index (χ3v) is 6.78. The van der Waals surface area contributed by atoms with Gasteiger partial charge in [0.05, 0.1) is 5.75 Å². The summed E-state index contributed by atoms with van der Waals surface area (Å²) in [5.74, 6) is 1.11. The molecule has 1 N–H and O–H groups in total. The fourth-order valence-electron chi connectivity index (χ4n) is 3.87. The molecule has 0 aromatic heterocycles. The van der Waals surface area contributed by atoms with Gasteiger partial charge in [-0.1, -0.05) is 13.8 Å². The molecular formula is C16H32N2O2S. The fourth-order valence-corrected chi connectivity index (χ4v) is 4.53. The Hall–Kier alpha value is -0.130. The molecule has 0 amide bonds. The van der Waals surface area contributed by atoms with Gasteiger partial charge in [-0.2, -0.15) is 0 Å². The Morgan fingerprint density at radius 3 is 2.33 bits per heavy atom. The minimum atomic E-state index is -2.85. The highest BCUT2D eigenvalue weighted by Crippen LogP contribution is 2.43. The maximum absolute atomic E-state index is 11.4. The smallest absolute Gasteiger partial charge is 0.147 e. The van der Waals surface area contributed by atoms with E-state index in [4.69, 9.17) is 0 Å². The van der Waals surface area contributed by atoms with Crippen LogP contribution in [-0.2, 0) is 9.84 Å². The number of piperazine rings is 1. The SMILES string of the molecule is CCC1(CC)CNC(C)(C2CC2)CN1CCCS(C)(=O)=O. The maximum Gasteiger partial charge on any atom is 0.147 e. The van der Waals surface area contributed by atoms with E-state index in [2.05, 4.69) is 31.0 Å². The maximum atomic E-state index is 11.4. The molecule has 0 bridgehead atoms. The van der Waals surface area contributed by atoms with Gasteiger partial charge in [-0.25, -0.2) is 8.42 Å². The molecule has 4 nitrogen and oxygen atoms in total. The number of hydrogen-bond donors (Lipinski definition) is 1. The molecule has 0 aromatic rings. The van der Waals surface area contributed by atoms with E-state index in [1.807, 2.05) is 0 Å². The minimum absolute atomic E-state index is 0.200. The van der Waals surface area contributed by atoms with Gasteiger partial charge in [0.2, 0.25) is 0 Å². The van der Waals surface area contributed by atoms with Gasteiger partial charge in [-0.3, -0.25) is 4.90 Å². The van der Waals surface area contributed by atoms with Gasteiger partial charge < -0.3 is 5.32 Å². The quantitative estimate of drug-likeness (QED) is 0.781. The first-order valence-electron chi connectivity index (χ1n) is 8.42. The van der Waals surface area contributed by atoms with Gasteiger partial charge in [0.25, 0.3) is 0 Å². The normalized spacial score (nSPS) is 30.5. The van der Waals surface area contributed by atoms with Gasteiger partial charge in [0.15, 0.2) is 0 Å². The standard InChI is InChI=1S/C16H32N2O2S/c1-5-16(6-2)12-17-15(3,14-8-9-14)13-18(16)10-7-11-21(4,19)20/h14,17H,5-13H2,1-4H3. The van der Waals surface area contributed by atoms with Crippen LogP contribution in [0.5, 0.6) is 0 Å². The highest BCUT2D eigenvalue weighted by atomic mass is 32.2. The third-order valence-electron chi connectivity index (χ3n) is 5.75. The van der Waals surface area contributed by atoms with Crippen LogP contribution in [-0.4, -0.2) is 56.0 Å². The summed E-state index contributed by atoms with van der Waals surface area (Å²) in [6, 6.07) is 0. The van der Waals surface area contributed by atoms with Gasteiger partial charge in [-0.15, -0.1) is 0 Å². The summed E-state index contributed by atoms with van der Waals surface area (Å²) in [7, 11) is -2.85. The Morgan fingerprint density at radius 2 is 1.86 bits per heavy atom. The molecule has 0 aromatic carbocycles. The Kier molecular flexibility index (Phi) is 5.06. The zero-order valence-electron chi connectivity index (χ0n) is 14.1. The van der Waals surface area contributed by atoms with Crippen LogP contribution in [0.1, 0.15) is 52.9 Å². The summed E-state index contributed by atoms with van der Waals surface area (Å²) in [5, 5.41) is 3.83. The Labute approximate surface area is 130 Å². The molecule has 1 atom stereocenters. The van der Waals surface area contributed by atoms with E-state index >= 15 is 0 Å². The first kappa shape index (κ1) is 17.2. The van der Waals surface area contributed by atoms with Crippen LogP contribution < -0.4 is 5.32 Å². The average molecular weight is 317 g/mol. The lowest BCUT2D eigenvalue weighted by Gasteiger charge is -2.54.